The molecular formula is C46H24N2O6. The summed E-state index contributed by atoms with van der Waals surface area (Å²) in [5, 5.41) is 5.70. The molecule has 0 aliphatic carbocycles. The molecule has 0 spiro atoms. The van der Waals surface area contributed by atoms with Gasteiger partial charge in [0, 0.05) is 68.0 Å². The SMILES string of the molecule is c1ccc(N2c3cc4occc4cc3Oc3cc4c(cc32)oc2cc3c(cc24)oc2cc4c(cc23)Oc2cc3ccoc3cc2N4c2ccccc2)cc1. The molecule has 8 nitrogen and oxygen atoms in total. The number of anilines is 6. The van der Waals surface area contributed by atoms with Crippen molar-refractivity contribution >= 4 is 99.9 Å². The van der Waals surface area contributed by atoms with Crippen LogP contribution in [0.15, 0.2) is 164 Å². The molecule has 0 radical (unpaired) electrons. The molecule has 6 heterocycles. The van der Waals surface area contributed by atoms with E-state index < -0.39 is 0 Å². The molecule has 0 bridgehead atoms. The van der Waals surface area contributed by atoms with E-state index in [1.807, 2.05) is 72.8 Å². The Labute approximate surface area is 305 Å². The summed E-state index contributed by atoms with van der Waals surface area (Å²) in [4.78, 5) is 4.39. The summed E-state index contributed by atoms with van der Waals surface area (Å²) in [7, 11) is 0. The molecule has 254 valence electrons. The van der Waals surface area contributed by atoms with E-state index in [2.05, 4.69) is 70.5 Å². The maximum atomic E-state index is 6.65. The van der Waals surface area contributed by atoms with Crippen LogP contribution in [0, 0.1) is 0 Å². The van der Waals surface area contributed by atoms with E-state index >= 15 is 0 Å². The lowest BCUT2D eigenvalue weighted by Crippen LogP contribution is -2.15. The number of furan rings is 4. The van der Waals surface area contributed by atoms with Crippen LogP contribution < -0.4 is 19.3 Å². The number of rotatable bonds is 2. The van der Waals surface area contributed by atoms with Crippen molar-refractivity contribution in [1.82, 2.24) is 0 Å². The van der Waals surface area contributed by atoms with Crippen LogP contribution in [0.5, 0.6) is 23.0 Å². The van der Waals surface area contributed by atoms with Crippen molar-refractivity contribution < 1.29 is 27.1 Å². The Morgan fingerprint density at radius 3 is 1.15 bits per heavy atom. The highest BCUT2D eigenvalue weighted by Gasteiger charge is 2.31. The van der Waals surface area contributed by atoms with Gasteiger partial charge < -0.3 is 36.9 Å². The van der Waals surface area contributed by atoms with Crippen LogP contribution in [0.25, 0.3) is 65.8 Å². The zero-order valence-electron chi connectivity index (χ0n) is 28.2. The summed E-state index contributed by atoms with van der Waals surface area (Å²) in [6.07, 6.45) is 3.40. The Bertz CT molecular complexity index is 3130. The zero-order valence-corrected chi connectivity index (χ0v) is 28.2. The third-order valence-corrected chi connectivity index (χ3v) is 10.7. The third kappa shape index (κ3) is 3.80. The number of benzene rings is 7. The normalized spacial score (nSPS) is 13.4. The van der Waals surface area contributed by atoms with Crippen LogP contribution in [-0.2, 0) is 0 Å². The number of hydrogen-bond acceptors (Lipinski definition) is 8. The van der Waals surface area contributed by atoms with Gasteiger partial charge >= 0.3 is 0 Å². The second-order valence-electron chi connectivity index (χ2n) is 13.8. The Hall–Kier alpha value is -7.58. The molecule has 7 aromatic carbocycles. The minimum atomic E-state index is 0.728. The second kappa shape index (κ2) is 10.1. The lowest BCUT2D eigenvalue weighted by atomic mass is 10.0. The van der Waals surface area contributed by atoms with E-state index in [1.54, 1.807) is 12.5 Å². The zero-order chi connectivity index (χ0) is 35.1. The van der Waals surface area contributed by atoms with Gasteiger partial charge in [0.25, 0.3) is 0 Å². The molecule has 0 saturated carbocycles. The van der Waals surface area contributed by atoms with Gasteiger partial charge in [-0.3, -0.25) is 0 Å². The standard InChI is InChI=1S/C46H24N2O6/c1-3-7-27(8-4-1)47-33-21-37-25(11-13-49-37)15-43(33)53-45-19-31-29-17-40-30(18-39(29)51-41(31)23-35(45)47)32-20-46-36(24-42(32)52-40)48(28-9-5-2-6-10-28)34-22-38-26(12-14-50-38)16-44(34)54-46/h1-24H. The molecule has 2 aliphatic heterocycles. The highest BCUT2D eigenvalue weighted by molar-refractivity contribution is 6.16. The Balaban J connectivity index is 0.994. The maximum absolute atomic E-state index is 6.65. The average molecular weight is 701 g/mol. The quantitative estimate of drug-likeness (QED) is 0.176. The highest BCUT2D eigenvalue weighted by Crippen LogP contribution is 2.55. The second-order valence-corrected chi connectivity index (χ2v) is 13.8. The fraction of sp³-hybridized carbons (Fsp3) is 0. The van der Waals surface area contributed by atoms with Crippen LogP contribution in [0.1, 0.15) is 0 Å². The van der Waals surface area contributed by atoms with Gasteiger partial charge in [0.1, 0.15) is 33.5 Å². The Morgan fingerprint density at radius 1 is 0.333 bits per heavy atom. The van der Waals surface area contributed by atoms with E-state index in [4.69, 9.17) is 27.1 Å². The number of fused-ring (bicyclic) bond motifs is 12. The van der Waals surface area contributed by atoms with Gasteiger partial charge in [0.15, 0.2) is 23.0 Å². The highest BCUT2D eigenvalue weighted by atomic mass is 16.5. The lowest BCUT2D eigenvalue weighted by Gasteiger charge is -2.32. The van der Waals surface area contributed by atoms with E-state index in [0.29, 0.717) is 0 Å². The van der Waals surface area contributed by atoms with E-state index in [-0.39, 0.29) is 0 Å². The largest absolute Gasteiger partial charge is 0.464 e. The molecule has 0 atom stereocenters. The number of nitrogens with zero attached hydrogens (tertiary/aromatic N) is 2. The number of para-hydroxylation sites is 2. The molecule has 4 aromatic heterocycles. The minimum absolute atomic E-state index is 0.728. The van der Waals surface area contributed by atoms with Crippen molar-refractivity contribution in [2.24, 2.45) is 0 Å². The molecule has 54 heavy (non-hydrogen) atoms. The summed E-state index contributed by atoms with van der Waals surface area (Å²) < 4.78 is 38.2. The van der Waals surface area contributed by atoms with Gasteiger partial charge in [-0.2, -0.15) is 0 Å². The van der Waals surface area contributed by atoms with Crippen LogP contribution in [0.4, 0.5) is 34.1 Å². The van der Waals surface area contributed by atoms with Crippen molar-refractivity contribution in [3.63, 3.8) is 0 Å². The van der Waals surface area contributed by atoms with E-state index in [0.717, 1.165) is 123 Å². The smallest absolute Gasteiger partial charge is 0.152 e. The predicted molar refractivity (Wildman–Crippen MR) is 210 cm³/mol. The first-order valence-corrected chi connectivity index (χ1v) is 17.7. The molecule has 13 rings (SSSR count). The first kappa shape index (κ1) is 28.1. The molecule has 0 unspecified atom stereocenters. The van der Waals surface area contributed by atoms with Gasteiger partial charge in [0.2, 0.25) is 0 Å². The first-order valence-electron chi connectivity index (χ1n) is 17.7. The van der Waals surface area contributed by atoms with Gasteiger partial charge in [-0.1, -0.05) is 36.4 Å². The van der Waals surface area contributed by atoms with Crippen molar-refractivity contribution in [2.75, 3.05) is 9.80 Å². The van der Waals surface area contributed by atoms with Crippen LogP contribution in [0.2, 0.25) is 0 Å². The van der Waals surface area contributed by atoms with Crippen molar-refractivity contribution in [3.8, 4) is 23.0 Å². The summed E-state index contributed by atoms with van der Waals surface area (Å²) in [5.74, 6) is 2.95. The molecule has 8 heteroatoms. The van der Waals surface area contributed by atoms with Crippen molar-refractivity contribution in [3.05, 3.63) is 146 Å². The van der Waals surface area contributed by atoms with Crippen molar-refractivity contribution in [2.45, 2.75) is 0 Å². The van der Waals surface area contributed by atoms with Gasteiger partial charge in [-0.15, -0.1) is 0 Å². The predicted octanol–water partition coefficient (Wildman–Crippen LogP) is 14.1. The molecule has 0 saturated heterocycles. The van der Waals surface area contributed by atoms with Crippen molar-refractivity contribution in [1.29, 1.82) is 0 Å². The first-order chi connectivity index (χ1) is 26.7. The summed E-state index contributed by atoms with van der Waals surface area (Å²) in [6, 6.07) is 44.9. The van der Waals surface area contributed by atoms with Gasteiger partial charge in [-0.25, -0.2) is 0 Å². The van der Waals surface area contributed by atoms with E-state index in [1.165, 1.54) is 0 Å². The monoisotopic (exact) mass is 700 g/mol. The fourth-order valence-electron chi connectivity index (χ4n) is 8.26. The molecule has 0 amide bonds. The topological polar surface area (TPSA) is 77.5 Å². The average Bonchev–Trinajstić information content (AvgIpc) is 4.00. The minimum Gasteiger partial charge on any atom is -0.464 e. The third-order valence-electron chi connectivity index (χ3n) is 10.7. The fourth-order valence-corrected chi connectivity index (χ4v) is 8.26. The molecule has 2 aliphatic rings. The summed E-state index contributed by atoms with van der Waals surface area (Å²) in [6.45, 7) is 0. The number of hydrogen-bond donors (Lipinski definition) is 0. The summed E-state index contributed by atoms with van der Waals surface area (Å²) >= 11 is 0. The van der Waals surface area contributed by atoms with Crippen LogP contribution in [0.3, 0.4) is 0 Å². The van der Waals surface area contributed by atoms with Crippen LogP contribution >= 0.6 is 0 Å². The molecule has 11 aromatic rings. The molecule has 0 N–H and O–H groups in total. The number of ether oxygens (including phenoxy) is 2. The molecular weight excluding hydrogens is 677 g/mol. The summed E-state index contributed by atoms with van der Waals surface area (Å²) in [5.41, 5.74) is 10.1. The Morgan fingerprint density at radius 2 is 0.704 bits per heavy atom. The lowest BCUT2D eigenvalue weighted by molar-refractivity contribution is 0.477. The molecule has 0 fully saturated rings. The van der Waals surface area contributed by atoms with Gasteiger partial charge in [0.05, 0.1) is 35.3 Å². The Kier molecular flexibility index (Phi) is 5.22. The maximum Gasteiger partial charge on any atom is 0.152 e. The van der Waals surface area contributed by atoms with Gasteiger partial charge in [-0.05, 0) is 72.8 Å². The van der Waals surface area contributed by atoms with E-state index in [9.17, 15) is 0 Å². The van der Waals surface area contributed by atoms with Crippen LogP contribution in [-0.4, -0.2) is 0 Å².